The van der Waals surface area contributed by atoms with Crippen molar-refractivity contribution in [1.29, 1.82) is 0 Å². The molecule has 2 nitrogen and oxygen atoms in total. The number of rotatable bonds is 4. The van der Waals surface area contributed by atoms with Gasteiger partial charge in [0.25, 0.3) is 0 Å². The van der Waals surface area contributed by atoms with Gasteiger partial charge in [-0.2, -0.15) is 0 Å². The lowest BCUT2D eigenvalue weighted by Gasteiger charge is -2.22. The predicted octanol–water partition coefficient (Wildman–Crippen LogP) is 3.25. The summed E-state index contributed by atoms with van der Waals surface area (Å²) in [7, 11) is 0. The first-order chi connectivity index (χ1) is 8.48. The zero-order valence-electron chi connectivity index (χ0n) is 10.2. The highest BCUT2D eigenvalue weighted by Crippen LogP contribution is 2.30. The summed E-state index contributed by atoms with van der Waals surface area (Å²) in [6.07, 6.45) is 4.34. The lowest BCUT2D eigenvalue weighted by atomic mass is 9.90. The van der Waals surface area contributed by atoms with E-state index >= 15 is 0 Å². The van der Waals surface area contributed by atoms with Crippen LogP contribution in [0.2, 0.25) is 5.02 Å². The van der Waals surface area contributed by atoms with Gasteiger partial charge in [-0.1, -0.05) is 24.4 Å². The molecule has 0 saturated heterocycles. The summed E-state index contributed by atoms with van der Waals surface area (Å²) in [5.74, 6) is -0.397. The second-order valence-electron chi connectivity index (χ2n) is 5.20. The number of carbonyl (C=O) groups is 1. The van der Waals surface area contributed by atoms with Gasteiger partial charge in [0.1, 0.15) is 11.6 Å². The van der Waals surface area contributed by atoms with Crippen LogP contribution >= 0.6 is 11.6 Å². The van der Waals surface area contributed by atoms with Crippen molar-refractivity contribution in [2.45, 2.75) is 44.1 Å². The van der Waals surface area contributed by atoms with Crippen LogP contribution in [0.15, 0.2) is 18.2 Å². The van der Waals surface area contributed by atoms with Crippen LogP contribution in [-0.2, 0) is 11.2 Å². The maximum atomic E-state index is 13.5. The first-order valence-electron chi connectivity index (χ1n) is 6.23. The quantitative estimate of drug-likeness (QED) is 0.912. The van der Waals surface area contributed by atoms with Gasteiger partial charge in [0.15, 0.2) is 0 Å². The molecule has 0 aliphatic heterocycles. The van der Waals surface area contributed by atoms with E-state index < -0.39 is 0 Å². The molecule has 0 heterocycles. The molecule has 1 aromatic rings. The van der Waals surface area contributed by atoms with Gasteiger partial charge in [-0.3, -0.25) is 4.79 Å². The van der Waals surface area contributed by atoms with E-state index in [1.54, 1.807) is 0 Å². The molecule has 1 aliphatic carbocycles. The fraction of sp³-hybridized carbons (Fsp3) is 0.500. The van der Waals surface area contributed by atoms with E-state index in [1.807, 2.05) is 0 Å². The maximum absolute atomic E-state index is 13.5. The fourth-order valence-corrected chi connectivity index (χ4v) is 2.80. The Kier molecular flexibility index (Phi) is 4.03. The Labute approximate surface area is 111 Å². The largest absolute Gasteiger partial charge is 0.325 e. The molecule has 1 saturated carbocycles. The van der Waals surface area contributed by atoms with Gasteiger partial charge >= 0.3 is 0 Å². The van der Waals surface area contributed by atoms with Crippen LogP contribution in [0.25, 0.3) is 0 Å². The molecule has 1 aromatic carbocycles. The van der Waals surface area contributed by atoms with Crippen molar-refractivity contribution in [2.24, 2.45) is 5.73 Å². The minimum absolute atomic E-state index is 0.0134. The van der Waals surface area contributed by atoms with E-state index in [0.717, 1.165) is 25.7 Å². The highest BCUT2D eigenvalue weighted by Gasteiger charge is 2.31. The Morgan fingerprint density at radius 3 is 2.72 bits per heavy atom. The molecule has 0 spiro atoms. The van der Waals surface area contributed by atoms with Crippen LogP contribution < -0.4 is 5.73 Å². The molecule has 0 bridgehead atoms. The molecule has 4 heteroatoms. The van der Waals surface area contributed by atoms with E-state index in [2.05, 4.69) is 0 Å². The second-order valence-corrected chi connectivity index (χ2v) is 5.63. The zero-order chi connectivity index (χ0) is 13.2. The summed E-state index contributed by atoms with van der Waals surface area (Å²) in [6, 6.07) is 4.28. The van der Waals surface area contributed by atoms with Gasteiger partial charge < -0.3 is 5.73 Å². The normalized spacial score (nSPS) is 17.9. The molecule has 1 fully saturated rings. The van der Waals surface area contributed by atoms with E-state index in [0.29, 0.717) is 17.0 Å². The maximum Gasteiger partial charge on any atom is 0.139 e. The predicted molar refractivity (Wildman–Crippen MR) is 70.1 cm³/mol. The summed E-state index contributed by atoms with van der Waals surface area (Å²) >= 11 is 5.80. The summed E-state index contributed by atoms with van der Waals surface area (Å²) in [4.78, 5) is 11.9. The van der Waals surface area contributed by atoms with Gasteiger partial charge in [-0.05, 0) is 36.6 Å². The van der Waals surface area contributed by atoms with E-state index in [4.69, 9.17) is 17.3 Å². The number of nitrogens with two attached hydrogens (primary N) is 1. The number of ketones is 1. The van der Waals surface area contributed by atoms with Gasteiger partial charge in [0.05, 0.1) is 0 Å². The molecule has 0 unspecified atom stereocenters. The minimum Gasteiger partial charge on any atom is -0.325 e. The Balaban J connectivity index is 2.00. The SMILES string of the molecule is NC1(CC(=O)Cc2cc(Cl)ccc2F)CCCC1. The van der Waals surface area contributed by atoms with Crippen molar-refractivity contribution in [3.8, 4) is 0 Å². The Hall–Kier alpha value is -0.930. The number of carbonyl (C=O) groups excluding carboxylic acids is 1. The molecule has 0 radical (unpaired) electrons. The standard InChI is InChI=1S/C14H17ClFNO/c15-11-3-4-13(16)10(7-11)8-12(18)9-14(17)5-1-2-6-14/h3-4,7H,1-2,5-6,8-9,17H2. The summed E-state index contributed by atoms with van der Waals surface area (Å²) < 4.78 is 13.5. The van der Waals surface area contributed by atoms with Gasteiger partial charge in [-0.25, -0.2) is 4.39 Å². The Morgan fingerprint density at radius 2 is 2.06 bits per heavy atom. The number of hydrogen-bond acceptors (Lipinski definition) is 2. The lowest BCUT2D eigenvalue weighted by molar-refractivity contribution is -0.119. The molecular formula is C14H17ClFNO. The van der Waals surface area contributed by atoms with Crippen molar-refractivity contribution >= 4 is 17.4 Å². The molecule has 18 heavy (non-hydrogen) atoms. The van der Waals surface area contributed by atoms with Crippen molar-refractivity contribution in [3.05, 3.63) is 34.6 Å². The van der Waals surface area contributed by atoms with Crippen LogP contribution in [0.1, 0.15) is 37.7 Å². The average Bonchev–Trinajstić information content (AvgIpc) is 2.70. The van der Waals surface area contributed by atoms with Crippen LogP contribution in [0.3, 0.4) is 0 Å². The van der Waals surface area contributed by atoms with E-state index in [9.17, 15) is 9.18 Å². The number of halogens is 2. The molecule has 98 valence electrons. The smallest absolute Gasteiger partial charge is 0.139 e. The highest BCUT2D eigenvalue weighted by molar-refractivity contribution is 6.30. The molecule has 2 rings (SSSR count). The zero-order valence-corrected chi connectivity index (χ0v) is 11.0. The first kappa shape index (κ1) is 13.5. The van der Waals surface area contributed by atoms with Crippen LogP contribution in [-0.4, -0.2) is 11.3 Å². The second kappa shape index (κ2) is 5.37. The molecule has 0 aromatic heterocycles. The average molecular weight is 270 g/mol. The number of Topliss-reactive ketones (excluding diaryl/α,β-unsaturated/α-hetero) is 1. The first-order valence-corrected chi connectivity index (χ1v) is 6.61. The molecule has 0 atom stereocenters. The van der Waals surface area contributed by atoms with Gasteiger partial charge in [0, 0.05) is 23.4 Å². The summed E-state index contributed by atoms with van der Waals surface area (Å²) in [5.41, 5.74) is 6.13. The Morgan fingerprint density at radius 1 is 1.39 bits per heavy atom. The van der Waals surface area contributed by atoms with Crippen LogP contribution in [0.4, 0.5) is 4.39 Å². The van der Waals surface area contributed by atoms with Gasteiger partial charge in [0.2, 0.25) is 0 Å². The summed E-state index contributed by atoms with van der Waals surface area (Å²) in [5, 5.41) is 0.447. The van der Waals surface area contributed by atoms with Gasteiger partial charge in [-0.15, -0.1) is 0 Å². The molecule has 1 aliphatic rings. The monoisotopic (exact) mass is 269 g/mol. The van der Waals surface area contributed by atoms with E-state index in [-0.39, 0.29) is 23.6 Å². The summed E-state index contributed by atoms with van der Waals surface area (Å²) in [6.45, 7) is 0. The number of benzene rings is 1. The third kappa shape index (κ3) is 3.30. The van der Waals surface area contributed by atoms with Crippen LogP contribution in [0.5, 0.6) is 0 Å². The fourth-order valence-electron chi connectivity index (χ4n) is 2.60. The highest BCUT2D eigenvalue weighted by atomic mass is 35.5. The molecule has 2 N–H and O–H groups in total. The topological polar surface area (TPSA) is 43.1 Å². The number of hydrogen-bond donors (Lipinski definition) is 1. The van der Waals surface area contributed by atoms with Crippen molar-refractivity contribution in [3.63, 3.8) is 0 Å². The minimum atomic E-state index is -0.384. The van der Waals surface area contributed by atoms with Crippen molar-refractivity contribution in [1.82, 2.24) is 0 Å². The molecular weight excluding hydrogens is 253 g/mol. The van der Waals surface area contributed by atoms with Crippen molar-refractivity contribution < 1.29 is 9.18 Å². The third-order valence-electron chi connectivity index (χ3n) is 3.54. The van der Waals surface area contributed by atoms with E-state index in [1.165, 1.54) is 18.2 Å². The van der Waals surface area contributed by atoms with Crippen molar-refractivity contribution in [2.75, 3.05) is 0 Å². The molecule has 0 amide bonds. The Bertz CT molecular complexity index is 455. The lowest BCUT2D eigenvalue weighted by Crippen LogP contribution is -2.39. The van der Waals surface area contributed by atoms with Crippen LogP contribution in [0, 0.1) is 5.82 Å². The third-order valence-corrected chi connectivity index (χ3v) is 3.78.